The van der Waals surface area contributed by atoms with Crippen LogP contribution in [0.15, 0.2) is 12.1 Å². The zero-order valence-electron chi connectivity index (χ0n) is 11.5. The van der Waals surface area contributed by atoms with E-state index in [-0.39, 0.29) is 5.75 Å². The fourth-order valence-corrected chi connectivity index (χ4v) is 3.54. The average molecular weight is 335 g/mol. The van der Waals surface area contributed by atoms with Crippen LogP contribution in [0, 0.1) is 11.6 Å². The molecule has 1 atom stereocenters. The van der Waals surface area contributed by atoms with E-state index in [4.69, 9.17) is 9.84 Å². The number of ether oxygens (including phenoxy) is 1. The third kappa shape index (κ3) is 4.14. The Labute approximate surface area is 126 Å². The molecule has 1 heterocycles. The number of aromatic carboxylic acids is 1. The number of carbonyl (C=O) groups is 1. The summed E-state index contributed by atoms with van der Waals surface area (Å²) in [5.74, 6) is -4.64. The monoisotopic (exact) mass is 335 g/mol. The Hall–Kier alpha value is -1.74. The lowest BCUT2D eigenvalue weighted by Gasteiger charge is -2.22. The van der Waals surface area contributed by atoms with E-state index in [1.54, 1.807) is 0 Å². The summed E-state index contributed by atoms with van der Waals surface area (Å²) in [4.78, 5) is 11.0. The predicted octanol–water partition coefficient (Wildman–Crippen LogP) is 1.97. The fraction of sp³-hybridized carbons (Fsp3) is 0.462. The maximum Gasteiger partial charge on any atom is 0.337 e. The van der Waals surface area contributed by atoms with E-state index in [0.29, 0.717) is 25.2 Å². The van der Waals surface area contributed by atoms with E-state index in [1.165, 1.54) is 0 Å². The van der Waals surface area contributed by atoms with Crippen LogP contribution in [0.25, 0.3) is 0 Å². The van der Waals surface area contributed by atoms with Crippen molar-refractivity contribution in [1.82, 2.24) is 0 Å². The van der Waals surface area contributed by atoms with Crippen molar-refractivity contribution in [2.75, 3.05) is 17.1 Å². The van der Waals surface area contributed by atoms with E-state index in [1.807, 2.05) is 4.72 Å². The van der Waals surface area contributed by atoms with Gasteiger partial charge in [-0.15, -0.1) is 0 Å². The number of sulfonamides is 1. The van der Waals surface area contributed by atoms with E-state index in [9.17, 15) is 22.0 Å². The summed E-state index contributed by atoms with van der Waals surface area (Å²) in [5, 5.41) is 8.95. The Morgan fingerprint density at radius 3 is 2.59 bits per heavy atom. The Balaban J connectivity index is 2.21. The summed E-state index contributed by atoms with van der Waals surface area (Å²) in [6, 6.07) is 0.949. The molecule has 1 saturated heterocycles. The molecule has 1 aliphatic rings. The van der Waals surface area contributed by atoms with Crippen LogP contribution in [-0.4, -0.2) is 38.0 Å². The second kappa shape index (κ2) is 6.57. The van der Waals surface area contributed by atoms with E-state index < -0.39 is 45.0 Å². The lowest BCUT2D eigenvalue weighted by atomic mass is 10.1. The fourth-order valence-electron chi connectivity index (χ4n) is 2.20. The molecule has 0 amide bonds. The topological polar surface area (TPSA) is 92.7 Å². The van der Waals surface area contributed by atoms with Gasteiger partial charge in [-0.25, -0.2) is 22.0 Å². The van der Waals surface area contributed by atoms with E-state index in [2.05, 4.69) is 0 Å². The summed E-state index contributed by atoms with van der Waals surface area (Å²) < 4.78 is 57.7. The molecule has 0 bridgehead atoms. The van der Waals surface area contributed by atoms with Crippen LogP contribution in [-0.2, 0) is 14.8 Å². The number of carboxylic acid groups (broad SMARTS) is 1. The van der Waals surface area contributed by atoms with Crippen molar-refractivity contribution in [2.45, 2.75) is 25.4 Å². The average Bonchev–Trinajstić information content (AvgIpc) is 2.42. The van der Waals surface area contributed by atoms with Gasteiger partial charge in [0.1, 0.15) is 0 Å². The first kappa shape index (κ1) is 16.6. The number of nitrogens with one attached hydrogen (secondary N) is 1. The third-order valence-electron chi connectivity index (χ3n) is 3.24. The lowest BCUT2D eigenvalue weighted by molar-refractivity contribution is 0.0306. The molecule has 2 rings (SSSR count). The zero-order valence-corrected chi connectivity index (χ0v) is 12.3. The highest BCUT2D eigenvalue weighted by molar-refractivity contribution is 7.92. The van der Waals surface area contributed by atoms with Crippen molar-refractivity contribution >= 4 is 21.7 Å². The molecule has 1 unspecified atom stereocenters. The molecule has 9 heteroatoms. The smallest absolute Gasteiger partial charge is 0.337 e. The number of rotatable bonds is 5. The molecular formula is C13H15F2NO5S. The van der Waals surface area contributed by atoms with Gasteiger partial charge in [-0.2, -0.15) is 0 Å². The molecule has 0 spiro atoms. The summed E-state index contributed by atoms with van der Waals surface area (Å²) in [5.41, 5.74) is -1.17. The Morgan fingerprint density at radius 1 is 1.32 bits per heavy atom. The first-order valence-corrected chi connectivity index (χ1v) is 8.28. The van der Waals surface area contributed by atoms with Crippen LogP contribution in [0.5, 0.6) is 0 Å². The largest absolute Gasteiger partial charge is 0.478 e. The molecule has 1 fully saturated rings. The minimum Gasteiger partial charge on any atom is -0.478 e. The van der Waals surface area contributed by atoms with Crippen LogP contribution < -0.4 is 4.72 Å². The van der Waals surface area contributed by atoms with Crippen LogP contribution in [0.3, 0.4) is 0 Å². The number of hydrogen-bond acceptors (Lipinski definition) is 4. The van der Waals surface area contributed by atoms with Gasteiger partial charge in [-0.1, -0.05) is 0 Å². The summed E-state index contributed by atoms with van der Waals surface area (Å²) >= 11 is 0. The van der Waals surface area contributed by atoms with Crippen molar-refractivity contribution in [2.24, 2.45) is 0 Å². The molecule has 1 aromatic rings. The van der Waals surface area contributed by atoms with Crippen molar-refractivity contribution in [3.05, 3.63) is 29.3 Å². The highest BCUT2D eigenvalue weighted by Crippen LogP contribution is 2.22. The van der Waals surface area contributed by atoms with E-state index in [0.717, 1.165) is 12.8 Å². The van der Waals surface area contributed by atoms with Gasteiger partial charge in [0, 0.05) is 12.7 Å². The number of carboxylic acids is 1. The maximum absolute atomic E-state index is 13.2. The standard InChI is InChI=1S/C13H15F2NO5S/c14-10-5-9(13(17)18)12(6-11(10)15)16-22(19,20)7-8-3-1-2-4-21-8/h5-6,8,16H,1-4,7H2,(H,17,18). The van der Waals surface area contributed by atoms with E-state index >= 15 is 0 Å². The Bertz CT molecular complexity index is 671. The highest BCUT2D eigenvalue weighted by Gasteiger charge is 2.24. The summed E-state index contributed by atoms with van der Waals surface area (Å²) in [6.45, 7) is 0.464. The highest BCUT2D eigenvalue weighted by atomic mass is 32.2. The SMILES string of the molecule is O=C(O)c1cc(F)c(F)cc1NS(=O)(=O)CC1CCCCO1. The Morgan fingerprint density at radius 2 is 2.00 bits per heavy atom. The van der Waals surface area contributed by atoms with Crippen LogP contribution in [0.2, 0.25) is 0 Å². The number of hydrogen-bond donors (Lipinski definition) is 2. The van der Waals surface area contributed by atoms with Crippen molar-refractivity contribution in [1.29, 1.82) is 0 Å². The van der Waals surface area contributed by atoms with Gasteiger partial charge >= 0.3 is 5.97 Å². The van der Waals surface area contributed by atoms with Gasteiger partial charge in [0.15, 0.2) is 11.6 Å². The molecule has 1 aliphatic heterocycles. The molecule has 0 aliphatic carbocycles. The van der Waals surface area contributed by atoms with Gasteiger partial charge < -0.3 is 9.84 Å². The summed E-state index contributed by atoms with van der Waals surface area (Å²) in [6.07, 6.45) is 1.77. The van der Waals surface area contributed by atoms with Gasteiger partial charge in [0.2, 0.25) is 10.0 Å². The van der Waals surface area contributed by atoms with Gasteiger partial charge in [0.05, 0.1) is 23.1 Å². The Kier molecular flexibility index (Phi) is 4.97. The zero-order chi connectivity index (χ0) is 16.3. The second-order valence-corrected chi connectivity index (χ2v) is 6.76. The third-order valence-corrected chi connectivity index (χ3v) is 4.58. The quantitative estimate of drug-likeness (QED) is 0.858. The molecule has 1 aromatic carbocycles. The molecule has 2 N–H and O–H groups in total. The molecule has 0 aromatic heterocycles. The van der Waals surface area contributed by atoms with Crippen molar-refractivity contribution in [3.63, 3.8) is 0 Å². The lowest BCUT2D eigenvalue weighted by Crippen LogP contribution is -2.31. The molecule has 22 heavy (non-hydrogen) atoms. The molecule has 122 valence electrons. The molecule has 0 radical (unpaired) electrons. The number of benzene rings is 1. The number of anilines is 1. The van der Waals surface area contributed by atoms with Gasteiger partial charge in [-0.3, -0.25) is 4.72 Å². The first-order valence-electron chi connectivity index (χ1n) is 6.63. The minimum absolute atomic E-state index is 0.370. The summed E-state index contributed by atoms with van der Waals surface area (Å²) in [7, 11) is -3.95. The van der Waals surface area contributed by atoms with Gasteiger partial charge in [0.25, 0.3) is 0 Å². The number of halogens is 2. The van der Waals surface area contributed by atoms with Crippen LogP contribution >= 0.6 is 0 Å². The molecular weight excluding hydrogens is 320 g/mol. The van der Waals surface area contributed by atoms with Crippen LogP contribution in [0.1, 0.15) is 29.6 Å². The van der Waals surface area contributed by atoms with Crippen molar-refractivity contribution in [3.8, 4) is 0 Å². The predicted molar refractivity (Wildman–Crippen MR) is 74.3 cm³/mol. The molecule has 0 saturated carbocycles. The maximum atomic E-state index is 13.2. The van der Waals surface area contributed by atoms with Crippen LogP contribution in [0.4, 0.5) is 14.5 Å². The first-order chi connectivity index (χ1) is 10.3. The van der Waals surface area contributed by atoms with Gasteiger partial charge in [-0.05, 0) is 25.3 Å². The normalized spacial score (nSPS) is 18.9. The van der Waals surface area contributed by atoms with Crippen molar-refractivity contribution < 1.29 is 31.8 Å². The second-order valence-electron chi connectivity index (χ2n) is 4.99. The minimum atomic E-state index is -3.95. The molecule has 6 nitrogen and oxygen atoms in total.